The molecule has 0 aliphatic rings. The van der Waals surface area contributed by atoms with Gasteiger partial charge in [0.2, 0.25) is 0 Å². The second-order valence-corrected chi connectivity index (χ2v) is 3.67. The Kier molecular flexibility index (Phi) is 3.26. The minimum Gasteiger partial charge on any atom is -0.411 e. The summed E-state index contributed by atoms with van der Waals surface area (Å²) in [5.74, 6) is 5.89. The van der Waals surface area contributed by atoms with Gasteiger partial charge in [-0.05, 0) is 18.1 Å². The van der Waals surface area contributed by atoms with Crippen molar-refractivity contribution in [1.29, 1.82) is 0 Å². The van der Waals surface area contributed by atoms with E-state index in [1.165, 1.54) is 17.6 Å². The van der Waals surface area contributed by atoms with E-state index in [-0.39, 0.29) is 0 Å². The summed E-state index contributed by atoms with van der Waals surface area (Å²) in [6, 6.07) is 3.66. The van der Waals surface area contributed by atoms with Gasteiger partial charge in [0.05, 0.1) is 11.9 Å². The molecule has 2 rings (SSSR count). The Morgan fingerprint density at radius 1 is 1.31 bits per heavy atom. The molecule has 0 aliphatic heterocycles. The van der Waals surface area contributed by atoms with Crippen molar-refractivity contribution < 1.29 is 5.21 Å². The number of aromatic nitrogens is 2. The van der Waals surface area contributed by atoms with Crippen LogP contribution in [0, 0.1) is 11.8 Å². The number of hydrogen-bond acceptors (Lipinski definition) is 5. The normalized spacial score (nSPS) is 10.0. The van der Waals surface area contributed by atoms with Crippen LogP contribution in [-0.4, -0.2) is 21.4 Å². The minimum atomic E-state index is 0.603. The van der Waals surface area contributed by atoms with E-state index in [4.69, 9.17) is 5.21 Å². The van der Waals surface area contributed by atoms with Gasteiger partial charge in [0.15, 0.2) is 5.01 Å². The van der Waals surface area contributed by atoms with Crippen molar-refractivity contribution >= 4 is 17.6 Å². The Hall–Kier alpha value is -2.19. The lowest BCUT2D eigenvalue weighted by Crippen LogP contribution is -1.80. The molecule has 0 radical (unpaired) electrons. The SMILES string of the molecule is ON=Cc1csc(C#Cc2ccncc2)n1. The monoisotopic (exact) mass is 229 g/mol. The molecule has 2 aromatic rings. The molecule has 2 aromatic heterocycles. The minimum absolute atomic E-state index is 0.603. The lowest BCUT2D eigenvalue weighted by Gasteiger charge is -1.84. The van der Waals surface area contributed by atoms with Crippen LogP contribution in [0.5, 0.6) is 0 Å². The fourth-order valence-corrected chi connectivity index (χ4v) is 1.64. The van der Waals surface area contributed by atoms with Gasteiger partial charge in [-0.25, -0.2) is 4.98 Å². The molecule has 0 atom stereocenters. The molecule has 0 amide bonds. The first-order chi connectivity index (χ1) is 7.88. The van der Waals surface area contributed by atoms with Gasteiger partial charge in [0.1, 0.15) is 0 Å². The molecule has 0 saturated heterocycles. The van der Waals surface area contributed by atoms with Crippen molar-refractivity contribution in [3.8, 4) is 11.8 Å². The second kappa shape index (κ2) is 5.05. The molecule has 16 heavy (non-hydrogen) atoms. The fraction of sp³-hybridized carbons (Fsp3) is 0. The second-order valence-electron chi connectivity index (χ2n) is 2.81. The predicted molar refractivity (Wildman–Crippen MR) is 61.7 cm³/mol. The Labute approximate surface area is 96.3 Å². The first-order valence-electron chi connectivity index (χ1n) is 4.43. The summed E-state index contributed by atoms with van der Waals surface area (Å²) in [7, 11) is 0. The standard InChI is InChI=1S/C11H7N3OS/c15-13-7-10-8-16-11(14-10)2-1-9-3-5-12-6-4-9/h3-8,15H. The molecule has 0 bridgehead atoms. The van der Waals surface area contributed by atoms with Crippen LogP contribution in [-0.2, 0) is 0 Å². The predicted octanol–water partition coefficient (Wildman–Crippen LogP) is 1.75. The van der Waals surface area contributed by atoms with Crippen LogP contribution in [0.3, 0.4) is 0 Å². The Balaban J connectivity index is 2.18. The third-order valence-electron chi connectivity index (χ3n) is 1.71. The van der Waals surface area contributed by atoms with Gasteiger partial charge >= 0.3 is 0 Å². The molecule has 0 aliphatic carbocycles. The van der Waals surface area contributed by atoms with Crippen molar-refractivity contribution in [3.63, 3.8) is 0 Å². The summed E-state index contributed by atoms with van der Waals surface area (Å²) in [6.45, 7) is 0. The average Bonchev–Trinajstić information content (AvgIpc) is 2.76. The molecule has 5 heteroatoms. The summed E-state index contributed by atoms with van der Waals surface area (Å²) in [5, 5.41) is 13.7. The van der Waals surface area contributed by atoms with E-state index in [1.807, 2.05) is 12.1 Å². The summed E-state index contributed by atoms with van der Waals surface area (Å²) in [4.78, 5) is 8.04. The highest BCUT2D eigenvalue weighted by atomic mass is 32.1. The van der Waals surface area contributed by atoms with Gasteiger partial charge in [-0.15, -0.1) is 11.3 Å². The molecule has 78 valence electrons. The number of thiazole rings is 1. The number of rotatable bonds is 1. The molecule has 1 N–H and O–H groups in total. The van der Waals surface area contributed by atoms with Gasteiger partial charge < -0.3 is 5.21 Å². The van der Waals surface area contributed by atoms with E-state index < -0.39 is 0 Å². The number of hydrogen-bond donors (Lipinski definition) is 1. The summed E-state index contributed by atoms with van der Waals surface area (Å²) < 4.78 is 0. The largest absolute Gasteiger partial charge is 0.411 e. The third-order valence-corrected chi connectivity index (χ3v) is 2.48. The first-order valence-corrected chi connectivity index (χ1v) is 5.31. The molecule has 2 heterocycles. The highest BCUT2D eigenvalue weighted by Crippen LogP contribution is 2.06. The summed E-state index contributed by atoms with van der Waals surface area (Å²) in [6.07, 6.45) is 4.65. The van der Waals surface area contributed by atoms with Crippen LogP contribution in [0.4, 0.5) is 0 Å². The van der Waals surface area contributed by atoms with Crippen molar-refractivity contribution in [1.82, 2.24) is 9.97 Å². The Morgan fingerprint density at radius 2 is 2.12 bits per heavy atom. The van der Waals surface area contributed by atoms with Gasteiger partial charge in [-0.3, -0.25) is 4.98 Å². The molecule has 0 aromatic carbocycles. The van der Waals surface area contributed by atoms with E-state index in [9.17, 15) is 0 Å². The zero-order chi connectivity index (χ0) is 11.2. The van der Waals surface area contributed by atoms with Crippen LogP contribution in [0.25, 0.3) is 0 Å². The number of nitrogens with zero attached hydrogens (tertiary/aromatic N) is 3. The smallest absolute Gasteiger partial charge is 0.167 e. The first kappa shape index (κ1) is 10.3. The molecular weight excluding hydrogens is 222 g/mol. The molecular formula is C11H7N3OS. The van der Waals surface area contributed by atoms with Crippen LogP contribution < -0.4 is 0 Å². The average molecular weight is 229 g/mol. The lowest BCUT2D eigenvalue weighted by atomic mass is 10.3. The van der Waals surface area contributed by atoms with Gasteiger partial charge in [0.25, 0.3) is 0 Å². The van der Waals surface area contributed by atoms with Gasteiger partial charge in [0, 0.05) is 23.3 Å². The molecule has 0 saturated carbocycles. The van der Waals surface area contributed by atoms with E-state index in [0.717, 1.165) is 5.56 Å². The van der Waals surface area contributed by atoms with Gasteiger partial charge in [-0.1, -0.05) is 11.1 Å². The Morgan fingerprint density at radius 3 is 2.88 bits per heavy atom. The van der Waals surface area contributed by atoms with Crippen molar-refractivity contribution in [2.75, 3.05) is 0 Å². The van der Waals surface area contributed by atoms with Crippen LogP contribution >= 0.6 is 11.3 Å². The zero-order valence-corrected chi connectivity index (χ0v) is 8.98. The summed E-state index contributed by atoms with van der Waals surface area (Å²) >= 11 is 1.41. The van der Waals surface area contributed by atoms with Crippen molar-refractivity contribution in [2.24, 2.45) is 5.16 Å². The molecule has 4 nitrogen and oxygen atoms in total. The third kappa shape index (κ3) is 2.65. The van der Waals surface area contributed by atoms with E-state index in [1.54, 1.807) is 17.8 Å². The van der Waals surface area contributed by atoms with Crippen molar-refractivity contribution in [2.45, 2.75) is 0 Å². The number of pyridine rings is 1. The number of oxime groups is 1. The molecule has 0 fully saturated rings. The quantitative estimate of drug-likeness (QED) is 0.351. The zero-order valence-electron chi connectivity index (χ0n) is 8.16. The molecule has 0 unspecified atom stereocenters. The van der Waals surface area contributed by atoms with Crippen LogP contribution in [0.15, 0.2) is 35.1 Å². The Bertz CT molecular complexity index is 551. The highest BCUT2D eigenvalue weighted by molar-refractivity contribution is 7.10. The maximum atomic E-state index is 8.33. The fourth-order valence-electron chi connectivity index (χ4n) is 1.02. The topological polar surface area (TPSA) is 58.4 Å². The van der Waals surface area contributed by atoms with Gasteiger partial charge in [-0.2, -0.15) is 0 Å². The van der Waals surface area contributed by atoms with E-state index in [0.29, 0.717) is 10.7 Å². The van der Waals surface area contributed by atoms with E-state index in [2.05, 4.69) is 27.0 Å². The maximum Gasteiger partial charge on any atom is 0.167 e. The lowest BCUT2D eigenvalue weighted by molar-refractivity contribution is 0.321. The van der Waals surface area contributed by atoms with Crippen LogP contribution in [0.1, 0.15) is 16.3 Å². The van der Waals surface area contributed by atoms with Crippen LogP contribution in [0.2, 0.25) is 0 Å². The van der Waals surface area contributed by atoms with E-state index >= 15 is 0 Å². The molecule has 0 spiro atoms. The van der Waals surface area contributed by atoms with Crippen molar-refractivity contribution in [3.05, 3.63) is 46.2 Å². The summed E-state index contributed by atoms with van der Waals surface area (Å²) in [5.41, 5.74) is 1.49. The maximum absolute atomic E-state index is 8.33. The highest BCUT2D eigenvalue weighted by Gasteiger charge is 1.95.